The number of nitrogens with two attached hydrogens (primary N) is 1. The van der Waals surface area contributed by atoms with E-state index < -0.39 is 34.4 Å². The van der Waals surface area contributed by atoms with Crippen LogP contribution in [0.15, 0.2) is 18.2 Å². The van der Waals surface area contributed by atoms with Gasteiger partial charge >= 0.3 is 6.18 Å². The normalized spacial score (nSPS) is 11.8. The standard InChI is InChI=1S/C14H18F4N2O.ClH/c1-13(2,7-19)8-20(3)12(21)10-6-9(14(16,17)18)4-5-11(10)15;/h4-6H,7-8,19H2,1-3H3;1H. The quantitative estimate of drug-likeness (QED) is 0.853. The summed E-state index contributed by atoms with van der Waals surface area (Å²) in [7, 11) is 1.40. The van der Waals surface area contributed by atoms with Crippen molar-refractivity contribution in [2.24, 2.45) is 11.1 Å². The van der Waals surface area contributed by atoms with E-state index in [9.17, 15) is 22.4 Å². The van der Waals surface area contributed by atoms with Gasteiger partial charge in [-0.25, -0.2) is 4.39 Å². The predicted molar refractivity (Wildman–Crippen MR) is 78.4 cm³/mol. The molecule has 0 heterocycles. The number of rotatable bonds is 4. The molecule has 0 saturated carbocycles. The fraction of sp³-hybridized carbons (Fsp3) is 0.500. The molecule has 0 bridgehead atoms. The lowest BCUT2D eigenvalue weighted by atomic mass is 9.93. The molecule has 0 aliphatic rings. The van der Waals surface area contributed by atoms with Crippen LogP contribution in [0, 0.1) is 11.2 Å². The van der Waals surface area contributed by atoms with Crippen molar-refractivity contribution in [3.63, 3.8) is 0 Å². The molecule has 0 aliphatic heterocycles. The first-order valence-corrected chi connectivity index (χ1v) is 6.30. The van der Waals surface area contributed by atoms with Crippen molar-refractivity contribution in [2.75, 3.05) is 20.1 Å². The van der Waals surface area contributed by atoms with Crippen LogP contribution in [0.3, 0.4) is 0 Å². The summed E-state index contributed by atoms with van der Waals surface area (Å²) in [6.07, 6.45) is -4.63. The van der Waals surface area contributed by atoms with Crippen molar-refractivity contribution in [1.82, 2.24) is 4.90 Å². The fourth-order valence-corrected chi connectivity index (χ4v) is 1.85. The Balaban J connectivity index is 0.00000441. The molecule has 8 heteroatoms. The van der Waals surface area contributed by atoms with Crippen LogP contribution in [0.25, 0.3) is 0 Å². The molecule has 1 aromatic carbocycles. The first-order valence-electron chi connectivity index (χ1n) is 6.30. The molecule has 3 nitrogen and oxygen atoms in total. The number of carbonyl (C=O) groups excluding carboxylic acids is 1. The van der Waals surface area contributed by atoms with Crippen molar-refractivity contribution in [2.45, 2.75) is 20.0 Å². The molecular weight excluding hydrogens is 324 g/mol. The molecule has 1 aromatic rings. The van der Waals surface area contributed by atoms with Crippen LogP contribution in [0.1, 0.15) is 29.8 Å². The Morgan fingerprint density at radius 2 is 1.82 bits per heavy atom. The van der Waals surface area contributed by atoms with E-state index in [1.54, 1.807) is 13.8 Å². The number of halogens is 5. The van der Waals surface area contributed by atoms with Gasteiger partial charge in [0.05, 0.1) is 11.1 Å². The maximum atomic E-state index is 13.6. The molecule has 22 heavy (non-hydrogen) atoms. The summed E-state index contributed by atoms with van der Waals surface area (Å²) in [6.45, 7) is 4.10. The Kier molecular flexibility index (Phi) is 6.84. The topological polar surface area (TPSA) is 46.3 Å². The van der Waals surface area contributed by atoms with Crippen molar-refractivity contribution in [3.8, 4) is 0 Å². The number of benzene rings is 1. The van der Waals surface area contributed by atoms with Gasteiger partial charge in [0.1, 0.15) is 5.82 Å². The fourth-order valence-electron chi connectivity index (χ4n) is 1.85. The Morgan fingerprint density at radius 3 is 2.27 bits per heavy atom. The summed E-state index contributed by atoms with van der Waals surface area (Å²) in [5.74, 6) is -1.79. The van der Waals surface area contributed by atoms with E-state index >= 15 is 0 Å². The number of alkyl halides is 3. The molecule has 0 unspecified atom stereocenters. The van der Waals surface area contributed by atoms with E-state index in [1.807, 2.05) is 0 Å². The van der Waals surface area contributed by atoms with Crippen LogP contribution in [-0.2, 0) is 6.18 Å². The minimum atomic E-state index is -4.63. The molecule has 2 N–H and O–H groups in total. The summed E-state index contributed by atoms with van der Waals surface area (Å²) >= 11 is 0. The van der Waals surface area contributed by atoms with Gasteiger partial charge in [-0.1, -0.05) is 13.8 Å². The Bertz CT molecular complexity index is 532. The Labute approximate surface area is 132 Å². The second-order valence-electron chi connectivity index (χ2n) is 5.72. The van der Waals surface area contributed by atoms with E-state index in [0.717, 1.165) is 0 Å². The average Bonchev–Trinajstić information content (AvgIpc) is 2.36. The molecule has 0 aromatic heterocycles. The molecule has 0 fully saturated rings. The van der Waals surface area contributed by atoms with Gasteiger partial charge in [0.15, 0.2) is 0 Å². The number of hydrogen-bond acceptors (Lipinski definition) is 2. The van der Waals surface area contributed by atoms with E-state index in [4.69, 9.17) is 5.73 Å². The lowest BCUT2D eigenvalue weighted by Gasteiger charge is -2.29. The highest BCUT2D eigenvalue weighted by molar-refractivity contribution is 5.94. The third kappa shape index (κ3) is 5.14. The molecule has 1 amide bonds. The SMILES string of the molecule is CN(CC(C)(C)CN)C(=O)c1cc(C(F)(F)F)ccc1F.Cl. The maximum absolute atomic E-state index is 13.6. The Hall–Kier alpha value is -1.34. The molecule has 1 rings (SSSR count). The second-order valence-corrected chi connectivity index (χ2v) is 5.72. The van der Waals surface area contributed by atoms with Crippen LogP contribution in [-0.4, -0.2) is 30.9 Å². The minimum absolute atomic E-state index is 0. The average molecular weight is 343 g/mol. The van der Waals surface area contributed by atoms with Gasteiger partial charge in [-0.3, -0.25) is 4.79 Å². The first kappa shape index (κ1) is 20.7. The van der Waals surface area contributed by atoms with Crippen LogP contribution in [0.2, 0.25) is 0 Å². The molecule has 0 spiro atoms. The highest BCUT2D eigenvalue weighted by Crippen LogP contribution is 2.30. The zero-order chi connectivity index (χ0) is 16.4. The molecular formula is C14H19ClF4N2O. The van der Waals surface area contributed by atoms with Gasteiger partial charge in [-0.2, -0.15) is 13.2 Å². The summed E-state index contributed by atoms with van der Waals surface area (Å²) in [6, 6.07) is 1.79. The maximum Gasteiger partial charge on any atom is 0.416 e. The van der Waals surface area contributed by atoms with Crippen molar-refractivity contribution in [3.05, 3.63) is 35.1 Å². The molecule has 0 aliphatic carbocycles. The van der Waals surface area contributed by atoms with Gasteiger partial charge < -0.3 is 10.6 Å². The van der Waals surface area contributed by atoms with E-state index in [0.29, 0.717) is 18.2 Å². The summed E-state index contributed by atoms with van der Waals surface area (Å²) < 4.78 is 51.5. The van der Waals surface area contributed by atoms with Gasteiger partial charge in [0.2, 0.25) is 0 Å². The summed E-state index contributed by atoms with van der Waals surface area (Å²) in [4.78, 5) is 13.3. The van der Waals surface area contributed by atoms with E-state index in [-0.39, 0.29) is 25.5 Å². The second kappa shape index (κ2) is 7.28. The lowest BCUT2D eigenvalue weighted by molar-refractivity contribution is -0.137. The lowest BCUT2D eigenvalue weighted by Crippen LogP contribution is -2.40. The first-order chi connectivity index (χ1) is 9.48. The monoisotopic (exact) mass is 342 g/mol. The van der Waals surface area contributed by atoms with Crippen molar-refractivity contribution < 1.29 is 22.4 Å². The molecule has 126 valence electrons. The van der Waals surface area contributed by atoms with Gasteiger partial charge in [0.25, 0.3) is 5.91 Å². The third-order valence-corrected chi connectivity index (χ3v) is 3.09. The van der Waals surface area contributed by atoms with Gasteiger partial charge in [-0.15, -0.1) is 12.4 Å². The number of carbonyl (C=O) groups is 1. The van der Waals surface area contributed by atoms with Gasteiger partial charge in [0, 0.05) is 13.6 Å². The van der Waals surface area contributed by atoms with E-state index in [2.05, 4.69) is 0 Å². The predicted octanol–water partition coefficient (Wildman–Crippen LogP) is 3.32. The molecule has 0 radical (unpaired) electrons. The van der Waals surface area contributed by atoms with Crippen LogP contribution >= 0.6 is 12.4 Å². The molecule has 0 atom stereocenters. The van der Waals surface area contributed by atoms with Crippen molar-refractivity contribution in [1.29, 1.82) is 0 Å². The largest absolute Gasteiger partial charge is 0.416 e. The van der Waals surface area contributed by atoms with E-state index in [1.165, 1.54) is 11.9 Å². The smallest absolute Gasteiger partial charge is 0.341 e. The van der Waals surface area contributed by atoms with Crippen LogP contribution in [0.4, 0.5) is 17.6 Å². The number of amides is 1. The minimum Gasteiger partial charge on any atom is -0.341 e. The zero-order valence-corrected chi connectivity index (χ0v) is 13.3. The van der Waals surface area contributed by atoms with Crippen LogP contribution < -0.4 is 5.73 Å². The number of nitrogens with zero attached hydrogens (tertiary/aromatic N) is 1. The van der Waals surface area contributed by atoms with Gasteiger partial charge in [-0.05, 0) is 30.2 Å². The Morgan fingerprint density at radius 1 is 1.27 bits per heavy atom. The molecule has 0 saturated heterocycles. The summed E-state index contributed by atoms with van der Waals surface area (Å²) in [5.41, 5.74) is 3.48. The zero-order valence-electron chi connectivity index (χ0n) is 12.5. The highest BCUT2D eigenvalue weighted by atomic mass is 35.5. The van der Waals surface area contributed by atoms with Crippen molar-refractivity contribution >= 4 is 18.3 Å². The van der Waals surface area contributed by atoms with Crippen LogP contribution in [0.5, 0.6) is 0 Å². The summed E-state index contributed by atoms with van der Waals surface area (Å²) in [5, 5.41) is 0. The highest BCUT2D eigenvalue weighted by Gasteiger charge is 2.32. The third-order valence-electron chi connectivity index (χ3n) is 3.09. The number of hydrogen-bond donors (Lipinski definition) is 1.